The van der Waals surface area contributed by atoms with Crippen LogP contribution in [0.15, 0.2) is 0 Å². The first-order chi connectivity index (χ1) is 6.03. The fraction of sp³-hybridized carbons (Fsp3) is 0.833. The molecule has 0 saturated carbocycles. The molecule has 0 aromatic rings. The quantitative estimate of drug-likeness (QED) is 0.589. The molecule has 1 fully saturated rings. The van der Waals surface area contributed by atoms with Crippen molar-refractivity contribution >= 4 is 0 Å². The average Bonchev–Trinajstić information content (AvgIpc) is 2.47. The molecular formula is C12H21N. The van der Waals surface area contributed by atoms with Crippen molar-refractivity contribution < 1.29 is 0 Å². The summed E-state index contributed by atoms with van der Waals surface area (Å²) in [4.78, 5) is 2.51. The van der Waals surface area contributed by atoms with Crippen LogP contribution in [0, 0.1) is 12.3 Å². The van der Waals surface area contributed by atoms with E-state index >= 15 is 0 Å². The SMILES string of the molecule is C#CC(C)(C)N1C(C)CCC1CC. The van der Waals surface area contributed by atoms with Gasteiger partial charge in [0.1, 0.15) is 0 Å². The van der Waals surface area contributed by atoms with Gasteiger partial charge in [-0.2, -0.15) is 0 Å². The monoisotopic (exact) mass is 179 g/mol. The van der Waals surface area contributed by atoms with Gasteiger partial charge in [-0.15, -0.1) is 6.42 Å². The number of rotatable bonds is 2. The molecule has 1 heteroatoms. The molecule has 2 atom stereocenters. The van der Waals surface area contributed by atoms with Gasteiger partial charge in [-0.25, -0.2) is 0 Å². The molecule has 0 bridgehead atoms. The van der Waals surface area contributed by atoms with Crippen molar-refractivity contribution in [2.45, 2.75) is 64.6 Å². The van der Waals surface area contributed by atoms with Gasteiger partial charge in [0.15, 0.2) is 0 Å². The van der Waals surface area contributed by atoms with Gasteiger partial charge in [0.05, 0.1) is 5.54 Å². The van der Waals surface area contributed by atoms with E-state index in [1.807, 2.05) is 0 Å². The molecule has 2 unspecified atom stereocenters. The standard InChI is InChI=1S/C12H21N/c1-6-11-9-8-10(3)13(11)12(4,5)7-2/h2,10-11H,6,8-9H2,1,3-5H3. The molecule has 0 radical (unpaired) electrons. The fourth-order valence-corrected chi connectivity index (χ4v) is 2.55. The maximum Gasteiger partial charge on any atom is 0.0770 e. The van der Waals surface area contributed by atoms with Crippen LogP contribution in [-0.4, -0.2) is 22.5 Å². The smallest absolute Gasteiger partial charge is 0.0770 e. The molecule has 0 amide bonds. The van der Waals surface area contributed by atoms with Crippen LogP contribution in [0.5, 0.6) is 0 Å². The minimum Gasteiger partial charge on any atom is -0.282 e. The first-order valence-electron chi connectivity index (χ1n) is 5.29. The first-order valence-corrected chi connectivity index (χ1v) is 5.29. The van der Waals surface area contributed by atoms with E-state index in [-0.39, 0.29) is 5.54 Å². The Kier molecular flexibility index (Phi) is 3.03. The maximum absolute atomic E-state index is 5.57. The molecule has 74 valence electrons. The second kappa shape index (κ2) is 3.72. The molecule has 1 nitrogen and oxygen atoms in total. The number of likely N-dealkylation sites (tertiary alicyclic amines) is 1. The van der Waals surface area contributed by atoms with Crippen LogP contribution >= 0.6 is 0 Å². The second-order valence-electron chi connectivity index (χ2n) is 4.60. The predicted molar refractivity (Wildman–Crippen MR) is 57.5 cm³/mol. The normalized spacial score (nSPS) is 30.4. The van der Waals surface area contributed by atoms with Crippen molar-refractivity contribution in [1.82, 2.24) is 4.90 Å². The third-order valence-corrected chi connectivity index (χ3v) is 3.26. The summed E-state index contributed by atoms with van der Waals surface area (Å²) in [5.74, 6) is 2.90. The van der Waals surface area contributed by atoms with E-state index in [2.05, 4.69) is 38.5 Å². The van der Waals surface area contributed by atoms with E-state index < -0.39 is 0 Å². The summed E-state index contributed by atoms with van der Waals surface area (Å²) in [6.45, 7) is 8.84. The highest BCUT2D eigenvalue weighted by molar-refractivity contribution is 5.12. The van der Waals surface area contributed by atoms with Gasteiger partial charge >= 0.3 is 0 Å². The van der Waals surface area contributed by atoms with Gasteiger partial charge in [-0.1, -0.05) is 12.8 Å². The molecule has 0 aromatic heterocycles. The Morgan fingerprint density at radius 2 is 2.08 bits per heavy atom. The Morgan fingerprint density at radius 3 is 2.54 bits per heavy atom. The van der Waals surface area contributed by atoms with Crippen molar-refractivity contribution in [3.8, 4) is 12.3 Å². The van der Waals surface area contributed by atoms with Crippen LogP contribution in [0.3, 0.4) is 0 Å². The van der Waals surface area contributed by atoms with Crippen LogP contribution in [0.4, 0.5) is 0 Å². The van der Waals surface area contributed by atoms with Crippen molar-refractivity contribution in [3.05, 3.63) is 0 Å². The van der Waals surface area contributed by atoms with Crippen LogP contribution in [0.2, 0.25) is 0 Å². The topological polar surface area (TPSA) is 3.24 Å². The van der Waals surface area contributed by atoms with E-state index in [4.69, 9.17) is 6.42 Å². The Balaban J connectivity index is 2.82. The summed E-state index contributed by atoms with van der Waals surface area (Å²) in [6.07, 6.45) is 9.39. The molecule has 1 aliphatic heterocycles. The Labute approximate surface area is 82.5 Å². The van der Waals surface area contributed by atoms with Crippen molar-refractivity contribution in [3.63, 3.8) is 0 Å². The van der Waals surface area contributed by atoms with Gasteiger partial charge in [0, 0.05) is 12.1 Å². The first kappa shape index (κ1) is 10.6. The third kappa shape index (κ3) is 1.89. The van der Waals surface area contributed by atoms with Gasteiger partial charge in [0.2, 0.25) is 0 Å². The number of hydrogen-bond donors (Lipinski definition) is 0. The summed E-state index contributed by atoms with van der Waals surface area (Å²) in [5.41, 5.74) is -0.0728. The number of terminal acetylenes is 1. The zero-order valence-electron chi connectivity index (χ0n) is 9.30. The van der Waals surface area contributed by atoms with E-state index in [0.717, 1.165) is 0 Å². The Hall–Kier alpha value is -0.480. The minimum atomic E-state index is -0.0728. The Bertz CT molecular complexity index is 212. The zero-order chi connectivity index (χ0) is 10.1. The molecule has 1 heterocycles. The molecule has 1 saturated heterocycles. The third-order valence-electron chi connectivity index (χ3n) is 3.26. The highest BCUT2D eigenvalue weighted by Crippen LogP contribution is 2.32. The van der Waals surface area contributed by atoms with Crippen molar-refractivity contribution in [1.29, 1.82) is 0 Å². The number of nitrogens with zero attached hydrogens (tertiary/aromatic N) is 1. The molecule has 1 aliphatic rings. The zero-order valence-corrected chi connectivity index (χ0v) is 9.30. The predicted octanol–water partition coefficient (Wildman–Crippen LogP) is 2.66. The van der Waals surface area contributed by atoms with Crippen LogP contribution in [0.1, 0.15) is 47.0 Å². The van der Waals surface area contributed by atoms with Gasteiger partial charge in [-0.3, -0.25) is 4.90 Å². The summed E-state index contributed by atoms with van der Waals surface area (Å²) < 4.78 is 0. The minimum absolute atomic E-state index is 0.0728. The summed E-state index contributed by atoms with van der Waals surface area (Å²) in [7, 11) is 0. The molecule has 1 rings (SSSR count). The van der Waals surface area contributed by atoms with Gasteiger partial charge in [0.25, 0.3) is 0 Å². The lowest BCUT2D eigenvalue weighted by Crippen LogP contribution is -2.49. The summed E-state index contributed by atoms with van der Waals surface area (Å²) >= 11 is 0. The second-order valence-corrected chi connectivity index (χ2v) is 4.60. The van der Waals surface area contributed by atoms with E-state index in [9.17, 15) is 0 Å². The molecule has 0 N–H and O–H groups in total. The van der Waals surface area contributed by atoms with E-state index in [0.29, 0.717) is 12.1 Å². The average molecular weight is 179 g/mol. The molecule has 13 heavy (non-hydrogen) atoms. The number of hydrogen-bond acceptors (Lipinski definition) is 1. The Morgan fingerprint density at radius 1 is 1.46 bits per heavy atom. The molecule has 0 aromatic carbocycles. The maximum atomic E-state index is 5.57. The van der Waals surface area contributed by atoms with Crippen molar-refractivity contribution in [2.75, 3.05) is 0 Å². The van der Waals surface area contributed by atoms with Gasteiger partial charge < -0.3 is 0 Å². The van der Waals surface area contributed by atoms with E-state index in [1.54, 1.807) is 0 Å². The molecule has 0 aliphatic carbocycles. The molecule has 0 spiro atoms. The largest absolute Gasteiger partial charge is 0.282 e. The summed E-state index contributed by atoms with van der Waals surface area (Å²) in [5, 5.41) is 0. The van der Waals surface area contributed by atoms with Crippen LogP contribution in [-0.2, 0) is 0 Å². The van der Waals surface area contributed by atoms with Gasteiger partial charge in [-0.05, 0) is 40.0 Å². The lowest BCUT2D eigenvalue weighted by molar-refractivity contribution is 0.109. The molecular weight excluding hydrogens is 158 g/mol. The van der Waals surface area contributed by atoms with Crippen molar-refractivity contribution in [2.24, 2.45) is 0 Å². The highest BCUT2D eigenvalue weighted by Gasteiger charge is 2.38. The lowest BCUT2D eigenvalue weighted by atomic mass is 10.0. The van der Waals surface area contributed by atoms with E-state index in [1.165, 1.54) is 19.3 Å². The van der Waals surface area contributed by atoms with Crippen LogP contribution < -0.4 is 0 Å². The highest BCUT2D eigenvalue weighted by atomic mass is 15.3. The lowest BCUT2D eigenvalue weighted by Gasteiger charge is -2.38. The fourth-order valence-electron chi connectivity index (χ4n) is 2.55. The van der Waals surface area contributed by atoms with Crippen LogP contribution in [0.25, 0.3) is 0 Å². The summed E-state index contributed by atoms with van der Waals surface area (Å²) in [6, 6.07) is 1.34.